The third kappa shape index (κ3) is 2.95. The summed E-state index contributed by atoms with van der Waals surface area (Å²) in [7, 11) is 0. The molecule has 84 valence electrons. The van der Waals surface area contributed by atoms with Crippen LogP contribution in [0.2, 0.25) is 0 Å². The van der Waals surface area contributed by atoms with E-state index in [2.05, 4.69) is 11.4 Å². The van der Waals surface area contributed by atoms with Gasteiger partial charge in [-0.1, -0.05) is 0 Å². The maximum Gasteiger partial charge on any atom is 0.272 e. The van der Waals surface area contributed by atoms with E-state index in [0.29, 0.717) is 12.1 Å². The standard InChI is InChI=1S/C11H13N3O2/c1-8(6-12)7-13-10-3-4-11(14(15)16)9(2)5-10/h3-5,8,13H,7H2,1-2H3. The van der Waals surface area contributed by atoms with E-state index >= 15 is 0 Å². The molecule has 0 aliphatic carbocycles. The zero-order valence-electron chi connectivity index (χ0n) is 9.23. The minimum absolute atomic E-state index is 0.0875. The Kier molecular flexibility index (Phi) is 3.84. The molecule has 16 heavy (non-hydrogen) atoms. The smallest absolute Gasteiger partial charge is 0.272 e. The maximum atomic E-state index is 10.6. The number of nitro groups is 1. The lowest BCUT2D eigenvalue weighted by Crippen LogP contribution is -2.09. The minimum atomic E-state index is -0.406. The summed E-state index contributed by atoms with van der Waals surface area (Å²) in [5.41, 5.74) is 1.52. The SMILES string of the molecule is Cc1cc(NCC(C)C#N)ccc1[N+](=O)[O-]. The molecule has 0 aromatic heterocycles. The topological polar surface area (TPSA) is 79.0 Å². The summed E-state index contributed by atoms with van der Waals surface area (Å²) in [4.78, 5) is 10.2. The quantitative estimate of drug-likeness (QED) is 0.623. The van der Waals surface area contributed by atoms with E-state index < -0.39 is 4.92 Å². The van der Waals surface area contributed by atoms with Gasteiger partial charge in [0.25, 0.3) is 5.69 Å². The van der Waals surface area contributed by atoms with Gasteiger partial charge < -0.3 is 5.32 Å². The van der Waals surface area contributed by atoms with Crippen molar-refractivity contribution >= 4 is 11.4 Å². The second-order valence-electron chi connectivity index (χ2n) is 3.67. The van der Waals surface area contributed by atoms with Crippen molar-refractivity contribution in [3.63, 3.8) is 0 Å². The van der Waals surface area contributed by atoms with Crippen LogP contribution in [-0.2, 0) is 0 Å². The summed E-state index contributed by atoms with van der Waals surface area (Å²) in [6, 6.07) is 6.93. The third-order valence-corrected chi connectivity index (χ3v) is 2.23. The Bertz CT molecular complexity index is 437. The van der Waals surface area contributed by atoms with Gasteiger partial charge in [-0.2, -0.15) is 5.26 Å². The predicted octanol–water partition coefficient (Wildman–Crippen LogP) is 2.47. The van der Waals surface area contributed by atoms with E-state index in [9.17, 15) is 10.1 Å². The van der Waals surface area contributed by atoms with Crippen LogP contribution < -0.4 is 5.32 Å². The molecule has 5 heteroatoms. The van der Waals surface area contributed by atoms with Crippen molar-refractivity contribution in [3.8, 4) is 6.07 Å². The van der Waals surface area contributed by atoms with Gasteiger partial charge in [0.1, 0.15) is 0 Å². The van der Waals surface area contributed by atoms with E-state index in [1.165, 1.54) is 6.07 Å². The number of anilines is 1. The van der Waals surface area contributed by atoms with Crippen LogP contribution in [0.25, 0.3) is 0 Å². The number of nitrogens with zero attached hydrogens (tertiary/aromatic N) is 2. The summed E-state index contributed by atoms with van der Waals surface area (Å²) in [6.45, 7) is 4.04. The fraction of sp³-hybridized carbons (Fsp3) is 0.364. The number of nitrogens with one attached hydrogen (secondary N) is 1. The summed E-state index contributed by atoms with van der Waals surface area (Å²) in [5.74, 6) is -0.0875. The number of hydrogen-bond acceptors (Lipinski definition) is 4. The Morgan fingerprint density at radius 3 is 2.81 bits per heavy atom. The minimum Gasteiger partial charge on any atom is -0.384 e. The third-order valence-electron chi connectivity index (χ3n) is 2.23. The lowest BCUT2D eigenvalue weighted by Gasteiger charge is -2.08. The monoisotopic (exact) mass is 219 g/mol. The highest BCUT2D eigenvalue weighted by Crippen LogP contribution is 2.21. The summed E-state index contributed by atoms with van der Waals surface area (Å²) in [5, 5.41) is 22.2. The molecule has 1 atom stereocenters. The van der Waals surface area contributed by atoms with E-state index in [1.54, 1.807) is 19.1 Å². The van der Waals surface area contributed by atoms with E-state index in [4.69, 9.17) is 5.26 Å². The lowest BCUT2D eigenvalue weighted by molar-refractivity contribution is -0.385. The summed E-state index contributed by atoms with van der Waals surface area (Å²) in [6.07, 6.45) is 0. The molecule has 0 bridgehead atoms. The highest BCUT2D eigenvalue weighted by molar-refractivity contribution is 5.53. The molecule has 5 nitrogen and oxygen atoms in total. The van der Waals surface area contributed by atoms with Crippen LogP contribution in [0.4, 0.5) is 11.4 Å². The van der Waals surface area contributed by atoms with Crippen molar-refractivity contribution in [2.75, 3.05) is 11.9 Å². The highest BCUT2D eigenvalue weighted by atomic mass is 16.6. The average Bonchev–Trinajstić information content (AvgIpc) is 2.25. The molecule has 0 spiro atoms. The van der Waals surface area contributed by atoms with Crippen LogP contribution in [0.15, 0.2) is 18.2 Å². The van der Waals surface area contributed by atoms with Gasteiger partial charge in [-0.15, -0.1) is 0 Å². The predicted molar refractivity (Wildman–Crippen MR) is 61.1 cm³/mol. The Morgan fingerprint density at radius 1 is 1.62 bits per heavy atom. The van der Waals surface area contributed by atoms with E-state index in [1.807, 2.05) is 6.92 Å². The molecule has 0 fully saturated rings. The van der Waals surface area contributed by atoms with Crippen LogP contribution in [0.5, 0.6) is 0 Å². The van der Waals surface area contributed by atoms with Gasteiger partial charge >= 0.3 is 0 Å². The Balaban J connectivity index is 2.75. The first-order valence-corrected chi connectivity index (χ1v) is 4.93. The van der Waals surface area contributed by atoms with Gasteiger partial charge in [-0.3, -0.25) is 10.1 Å². The molecular formula is C11H13N3O2. The fourth-order valence-corrected chi connectivity index (χ4v) is 1.29. The Morgan fingerprint density at radius 2 is 2.31 bits per heavy atom. The number of nitriles is 1. The van der Waals surface area contributed by atoms with Crippen LogP contribution in [0.3, 0.4) is 0 Å². The largest absolute Gasteiger partial charge is 0.384 e. The van der Waals surface area contributed by atoms with Gasteiger partial charge in [-0.25, -0.2) is 0 Å². The van der Waals surface area contributed by atoms with Crippen molar-refractivity contribution < 1.29 is 4.92 Å². The molecule has 0 saturated carbocycles. The number of aryl methyl sites for hydroxylation is 1. The molecular weight excluding hydrogens is 206 g/mol. The van der Waals surface area contributed by atoms with Gasteiger partial charge in [-0.05, 0) is 26.0 Å². The molecule has 1 N–H and O–H groups in total. The lowest BCUT2D eigenvalue weighted by atomic mass is 10.1. The van der Waals surface area contributed by atoms with Crippen molar-refractivity contribution in [2.24, 2.45) is 5.92 Å². The van der Waals surface area contributed by atoms with E-state index in [-0.39, 0.29) is 11.6 Å². The molecule has 0 radical (unpaired) electrons. The normalized spacial score (nSPS) is 11.6. The van der Waals surface area contributed by atoms with Crippen molar-refractivity contribution in [1.29, 1.82) is 5.26 Å². The van der Waals surface area contributed by atoms with Gasteiger partial charge in [0.05, 0.1) is 16.9 Å². The van der Waals surface area contributed by atoms with Crippen molar-refractivity contribution in [1.82, 2.24) is 0 Å². The molecule has 0 heterocycles. The second-order valence-corrected chi connectivity index (χ2v) is 3.67. The molecule has 0 saturated heterocycles. The van der Waals surface area contributed by atoms with Gasteiger partial charge in [0.2, 0.25) is 0 Å². The molecule has 0 aliphatic heterocycles. The zero-order chi connectivity index (χ0) is 12.1. The van der Waals surface area contributed by atoms with Gasteiger partial charge in [0, 0.05) is 23.9 Å². The van der Waals surface area contributed by atoms with Crippen molar-refractivity contribution in [2.45, 2.75) is 13.8 Å². The molecule has 1 aromatic rings. The van der Waals surface area contributed by atoms with Crippen LogP contribution >= 0.6 is 0 Å². The number of nitro benzene ring substituents is 1. The number of hydrogen-bond donors (Lipinski definition) is 1. The molecule has 1 unspecified atom stereocenters. The maximum absolute atomic E-state index is 10.6. The molecule has 1 aromatic carbocycles. The number of benzene rings is 1. The van der Waals surface area contributed by atoms with Crippen LogP contribution in [0, 0.1) is 34.3 Å². The summed E-state index contributed by atoms with van der Waals surface area (Å²) < 4.78 is 0. The molecule has 1 rings (SSSR count). The Hall–Kier alpha value is -2.09. The first kappa shape index (κ1) is 12.0. The van der Waals surface area contributed by atoms with E-state index in [0.717, 1.165) is 5.69 Å². The number of rotatable bonds is 4. The highest BCUT2D eigenvalue weighted by Gasteiger charge is 2.10. The first-order chi connectivity index (χ1) is 7.54. The van der Waals surface area contributed by atoms with Crippen molar-refractivity contribution in [3.05, 3.63) is 33.9 Å². The summed E-state index contributed by atoms with van der Waals surface area (Å²) >= 11 is 0. The van der Waals surface area contributed by atoms with Gasteiger partial charge in [0.15, 0.2) is 0 Å². The molecule has 0 amide bonds. The van der Waals surface area contributed by atoms with Crippen LogP contribution in [-0.4, -0.2) is 11.5 Å². The van der Waals surface area contributed by atoms with Crippen LogP contribution in [0.1, 0.15) is 12.5 Å². The Labute approximate surface area is 93.9 Å². The zero-order valence-corrected chi connectivity index (χ0v) is 9.23. The second kappa shape index (κ2) is 5.12. The first-order valence-electron chi connectivity index (χ1n) is 4.93. The average molecular weight is 219 g/mol. The molecule has 0 aliphatic rings. The fourth-order valence-electron chi connectivity index (χ4n) is 1.29.